The molecule has 1 rings (SSSR count). The molecule has 1 fully saturated rings. The van der Waals surface area contributed by atoms with Crippen molar-refractivity contribution in [3.63, 3.8) is 0 Å². The zero-order valence-corrected chi connectivity index (χ0v) is 8.01. The molecule has 0 radical (unpaired) electrons. The van der Waals surface area contributed by atoms with Gasteiger partial charge in [-0.1, -0.05) is 6.42 Å². The lowest BCUT2D eigenvalue weighted by Gasteiger charge is -2.25. The van der Waals surface area contributed by atoms with Gasteiger partial charge in [-0.25, -0.2) is 9.52 Å². The maximum absolute atomic E-state index is 11.3. The second-order valence-electron chi connectivity index (χ2n) is 2.93. The van der Waals surface area contributed by atoms with Crippen LogP contribution in [0.25, 0.3) is 0 Å². The van der Waals surface area contributed by atoms with Crippen LogP contribution >= 0.6 is 0 Å². The largest absolute Gasteiger partial charge is 0.351 e. The smallest absolute Gasteiger partial charge is 0.326 e. The van der Waals surface area contributed by atoms with Gasteiger partial charge in [-0.3, -0.25) is 0 Å². The molecule has 0 aliphatic carbocycles. The molecule has 76 valence electrons. The first kappa shape index (κ1) is 10.3. The van der Waals surface area contributed by atoms with E-state index in [-0.39, 0.29) is 0 Å². The Bertz CT molecular complexity index is 281. The number of nitrogens with one attached hydrogen (secondary N) is 1. The molecule has 0 spiro atoms. The summed E-state index contributed by atoms with van der Waals surface area (Å²) in [5.74, 6) is 0. The molecule has 1 aliphatic heterocycles. The van der Waals surface area contributed by atoms with Crippen LogP contribution in [0.3, 0.4) is 0 Å². The number of nitrogens with zero attached hydrogens (tertiary/aromatic N) is 1. The van der Waals surface area contributed by atoms with E-state index in [1.54, 1.807) is 4.72 Å². The van der Waals surface area contributed by atoms with E-state index in [4.69, 9.17) is 5.73 Å². The molecule has 7 heteroatoms. The Morgan fingerprint density at radius 1 is 1.23 bits per heavy atom. The third kappa shape index (κ3) is 2.85. The molecule has 0 unspecified atom stereocenters. The summed E-state index contributed by atoms with van der Waals surface area (Å²) in [4.78, 5) is 10.4. The number of carbonyl (C=O) groups is 1. The van der Waals surface area contributed by atoms with Gasteiger partial charge in [-0.2, -0.15) is 12.7 Å². The molecule has 0 aromatic rings. The van der Waals surface area contributed by atoms with Crippen molar-refractivity contribution in [3.8, 4) is 0 Å². The third-order valence-corrected chi connectivity index (χ3v) is 3.39. The Kier molecular flexibility index (Phi) is 3.10. The fourth-order valence-corrected chi connectivity index (χ4v) is 2.42. The minimum atomic E-state index is -3.67. The van der Waals surface area contributed by atoms with Gasteiger partial charge in [-0.15, -0.1) is 0 Å². The predicted molar refractivity (Wildman–Crippen MR) is 47.1 cm³/mol. The average Bonchev–Trinajstić information content (AvgIpc) is 2.04. The van der Waals surface area contributed by atoms with Crippen LogP contribution in [0, 0.1) is 0 Å². The summed E-state index contributed by atoms with van der Waals surface area (Å²) in [6, 6.07) is -1.04. The number of carbonyl (C=O) groups excluding carboxylic acids is 1. The van der Waals surface area contributed by atoms with Crippen molar-refractivity contribution in [1.82, 2.24) is 9.03 Å². The highest BCUT2D eigenvalue weighted by molar-refractivity contribution is 7.87. The van der Waals surface area contributed by atoms with Crippen molar-refractivity contribution < 1.29 is 13.2 Å². The highest BCUT2D eigenvalue weighted by Gasteiger charge is 2.24. The fraction of sp³-hybridized carbons (Fsp3) is 0.833. The monoisotopic (exact) mass is 207 g/mol. The molecule has 0 bridgehead atoms. The maximum atomic E-state index is 11.3. The van der Waals surface area contributed by atoms with E-state index in [2.05, 4.69) is 0 Å². The Labute approximate surface area is 77.3 Å². The highest BCUT2D eigenvalue weighted by atomic mass is 32.2. The molecule has 2 amide bonds. The fourth-order valence-electron chi connectivity index (χ4n) is 1.30. The predicted octanol–water partition coefficient (Wildman–Crippen LogP) is -0.615. The van der Waals surface area contributed by atoms with Crippen LogP contribution in [-0.2, 0) is 10.2 Å². The van der Waals surface area contributed by atoms with Crippen LogP contribution < -0.4 is 10.5 Å². The normalized spacial score (nSPS) is 19.7. The Hall–Kier alpha value is -0.820. The molecular formula is C6H13N3O3S. The molecule has 0 aromatic heterocycles. The van der Waals surface area contributed by atoms with Crippen LogP contribution in [0.2, 0.25) is 0 Å². The standard InChI is InChI=1S/C6H13N3O3S/c7-6(10)8-13(11,12)9-4-2-1-3-5-9/h1-5H2,(H3,7,8,10). The molecule has 0 atom stereocenters. The molecule has 0 saturated carbocycles. The number of hydrogen-bond acceptors (Lipinski definition) is 3. The van der Waals surface area contributed by atoms with Gasteiger partial charge in [0, 0.05) is 13.1 Å². The second kappa shape index (κ2) is 3.93. The molecule has 13 heavy (non-hydrogen) atoms. The molecule has 1 aliphatic rings. The number of piperidine rings is 1. The number of primary amides is 1. The number of amides is 2. The molecule has 6 nitrogen and oxygen atoms in total. The minimum Gasteiger partial charge on any atom is -0.351 e. The Morgan fingerprint density at radius 2 is 1.77 bits per heavy atom. The summed E-state index contributed by atoms with van der Waals surface area (Å²) in [6.07, 6.45) is 2.70. The zero-order valence-electron chi connectivity index (χ0n) is 7.19. The van der Waals surface area contributed by atoms with Gasteiger partial charge in [0.2, 0.25) is 0 Å². The first-order chi connectivity index (χ1) is 6.02. The molecule has 0 aromatic carbocycles. The average molecular weight is 207 g/mol. The maximum Gasteiger partial charge on any atom is 0.326 e. The summed E-state index contributed by atoms with van der Waals surface area (Å²) >= 11 is 0. The number of urea groups is 1. The van der Waals surface area contributed by atoms with E-state index >= 15 is 0 Å². The lowest BCUT2D eigenvalue weighted by molar-refractivity contribution is 0.252. The third-order valence-electron chi connectivity index (χ3n) is 1.88. The topological polar surface area (TPSA) is 92.5 Å². The molecular weight excluding hydrogens is 194 g/mol. The van der Waals surface area contributed by atoms with Gasteiger partial charge in [0.05, 0.1) is 0 Å². The van der Waals surface area contributed by atoms with Crippen molar-refractivity contribution in [1.29, 1.82) is 0 Å². The highest BCUT2D eigenvalue weighted by Crippen LogP contribution is 2.11. The van der Waals surface area contributed by atoms with Crippen LogP contribution in [0.4, 0.5) is 4.79 Å². The van der Waals surface area contributed by atoms with Gasteiger partial charge in [0.25, 0.3) is 0 Å². The van der Waals surface area contributed by atoms with Gasteiger partial charge >= 0.3 is 16.2 Å². The summed E-state index contributed by atoms with van der Waals surface area (Å²) in [5, 5.41) is 0. The minimum absolute atomic E-state index is 0.461. The van der Waals surface area contributed by atoms with Crippen molar-refractivity contribution in [2.75, 3.05) is 13.1 Å². The summed E-state index contributed by atoms with van der Waals surface area (Å²) in [6.45, 7) is 0.922. The van der Waals surface area contributed by atoms with Crippen LogP contribution in [0.15, 0.2) is 0 Å². The van der Waals surface area contributed by atoms with Crippen LogP contribution in [0.5, 0.6) is 0 Å². The summed E-state index contributed by atoms with van der Waals surface area (Å²) in [5.41, 5.74) is 4.73. The quantitative estimate of drug-likeness (QED) is 0.632. The number of hydrogen-bond donors (Lipinski definition) is 2. The summed E-state index contributed by atoms with van der Waals surface area (Å²) < 4.78 is 25.6. The molecule has 3 N–H and O–H groups in total. The Balaban J connectivity index is 2.62. The van der Waals surface area contributed by atoms with E-state index < -0.39 is 16.2 Å². The second-order valence-corrected chi connectivity index (χ2v) is 4.60. The first-order valence-electron chi connectivity index (χ1n) is 4.10. The van der Waals surface area contributed by atoms with E-state index in [9.17, 15) is 13.2 Å². The number of rotatable bonds is 2. The van der Waals surface area contributed by atoms with E-state index in [1.165, 1.54) is 4.31 Å². The van der Waals surface area contributed by atoms with E-state index in [1.807, 2.05) is 0 Å². The van der Waals surface area contributed by atoms with Gasteiger partial charge in [-0.05, 0) is 12.8 Å². The van der Waals surface area contributed by atoms with E-state index in [0.29, 0.717) is 13.1 Å². The van der Waals surface area contributed by atoms with Crippen molar-refractivity contribution in [3.05, 3.63) is 0 Å². The summed E-state index contributed by atoms with van der Waals surface area (Å²) in [7, 11) is -3.67. The lowest BCUT2D eigenvalue weighted by atomic mass is 10.2. The zero-order chi connectivity index (χ0) is 9.90. The van der Waals surface area contributed by atoms with Crippen LogP contribution in [-0.4, -0.2) is 31.8 Å². The van der Waals surface area contributed by atoms with Gasteiger partial charge in [0.1, 0.15) is 0 Å². The van der Waals surface area contributed by atoms with Gasteiger partial charge in [0.15, 0.2) is 0 Å². The van der Waals surface area contributed by atoms with Crippen LogP contribution in [0.1, 0.15) is 19.3 Å². The lowest BCUT2D eigenvalue weighted by Crippen LogP contribution is -2.47. The molecule has 1 heterocycles. The number of nitrogens with two attached hydrogens (primary N) is 1. The van der Waals surface area contributed by atoms with Gasteiger partial charge < -0.3 is 5.73 Å². The Morgan fingerprint density at radius 3 is 2.23 bits per heavy atom. The van der Waals surface area contributed by atoms with Crippen molar-refractivity contribution in [2.24, 2.45) is 5.73 Å². The van der Waals surface area contributed by atoms with E-state index in [0.717, 1.165) is 19.3 Å². The first-order valence-corrected chi connectivity index (χ1v) is 5.54. The SMILES string of the molecule is NC(=O)NS(=O)(=O)N1CCCCC1. The molecule has 1 saturated heterocycles. The van der Waals surface area contributed by atoms with Crippen molar-refractivity contribution in [2.45, 2.75) is 19.3 Å². The van der Waals surface area contributed by atoms with Crippen molar-refractivity contribution >= 4 is 16.2 Å².